The van der Waals surface area contributed by atoms with Crippen LogP contribution in [0.5, 0.6) is 0 Å². The number of hydrogen-bond acceptors (Lipinski definition) is 2. The summed E-state index contributed by atoms with van der Waals surface area (Å²) in [5.41, 5.74) is 0. The molecule has 2 aliphatic rings. The molecule has 0 aromatic rings. The van der Waals surface area contributed by atoms with Gasteiger partial charge in [0.25, 0.3) is 0 Å². The summed E-state index contributed by atoms with van der Waals surface area (Å²) in [5.74, 6) is 1.11. The van der Waals surface area contributed by atoms with Crippen LogP contribution in [0.2, 0.25) is 0 Å². The molecule has 0 aromatic carbocycles. The van der Waals surface area contributed by atoms with Gasteiger partial charge in [-0.05, 0) is 38.0 Å². The maximum Gasteiger partial charge on any atom is 0.223 e. The van der Waals surface area contributed by atoms with E-state index in [0.717, 1.165) is 19.3 Å². The van der Waals surface area contributed by atoms with Gasteiger partial charge in [-0.1, -0.05) is 19.3 Å². The van der Waals surface area contributed by atoms with Crippen LogP contribution in [0.4, 0.5) is 0 Å². The van der Waals surface area contributed by atoms with E-state index in [1.54, 1.807) is 0 Å². The number of carbonyl (C=O) groups is 1. The molecule has 1 amide bonds. The van der Waals surface area contributed by atoms with Crippen LogP contribution in [0.25, 0.3) is 0 Å². The van der Waals surface area contributed by atoms with Gasteiger partial charge >= 0.3 is 0 Å². The van der Waals surface area contributed by atoms with E-state index in [1.165, 1.54) is 32.1 Å². The molecular weight excluding hydrogens is 202 g/mol. The van der Waals surface area contributed by atoms with Crippen molar-refractivity contribution in [2.75, 3.05) is 6.61 Å². The summed E-state index contributed by atoms with van der Waals surface area (Å²) in [6.45, 7) is 0.187. The lowest BCUT2D eigenvalue weighted by atomic mass is 9.84. The summed E-state index contributed by atoms with van der Waals surface area (Å²) in [6.07, 6.45) is 9.04. The summed E-state index contributed by atoms with van der Waals surface area (Å²) in [5, 5.41) is 12.2. The Morgan fingerprint density at radius 1 is 1.19 bits per heavy atom. The monoisotopic (exact) mass is 225 g/mol. The van der Waals surface area contributed by atoms with E-state index >= 15 is 0 Å². The van der Waals surface area contributed by atoms with Gasteiger partial charge in [-0.25, -0.2) is 0 Å². The molecule has 16 heavy (non-hydrogen) atoms. The SMILES string of the molecule is O=C(NC(CCO)C1CCCC1)C1CCC1. The summed E-state index contributed by atoms with van der Waals surface area (Å²) >= 11 is 0. The van der Waals surface area contributed by atoms with Gasteiger partial charge in [0, 0.05) is 18.6 Å². The summed E-state index contributed by atoms with van der Waals surface area (Å²) in [6, 6.07) is 0.223. The Bertz CT molecular complexity index is 232. The van der Waals surface area contributed by atoms with Gasteiger partial charge in [0.1, 0.15) is 0 Å². The number of rotatable bonds is 5. The maximum absolute atomic E-state index is 11.9. The molecule has 0 saturated heterocycles. The van der Waals surface area contributed by atoms with E-state index in [4.69, 9.17) is 5.11 Å². The number of aliphatic hydroxyl groups is 1. The third-order valence-corrected chi connectivity index (χ3v) is 4.21. The van der Waals surface area contributed by atoms with Crippen LogP contribution in [-0.2, 0) is 4.79 Å². The Labute approximate surface area is 97.6 Å². The fourth-order valence-electron chi connectivity index (χ4n) is 2.90. The molecular formula is C13H23NO2. The molecule has 2 fully saturated rings. The van der Waals surface area contributed by atoms with Crippen LogP contribution in [0.1, 0.15) is 51.4 Å². The van der Waals surface area contributed by atoms with Crippen molar-refractivity contribution in [3.63, 3.8) is 0 Å². The Balaban J connectivity index is 1.83. The Hall–Kier alpha value is -0.570. The van der Waals surface area contributed by atoms with E-state index in [1.807, 2.05) is 0 Å². The Morgan fingerprint density at radius 3 is 2.38 bits per heavy atom. The highest BCUT2D eigenvalue weighted by Gasteiger charge is 2.30. The van der Waals surface area contributed by atoms with E-state index in [9.17, 15) is 4.79 Å². The zero-order valence-corrected chi connectivity index (χ0v) is 9.95. The van der Waals surface area contributed by atoms with E-state index in [2.05, 4.69) is 5.32 Å². The molecule has 0 spiro atoms. The molecule has 1 atom stereocenters. The third kappa shape index (κ3) is 2.76. The number of hydrogen-bond donors (Lipinski definition) is 2. The highest BCUT2D eigenvalue weighted by atomic mass is 16.3. The largest absolute Gasteiger partial charge is 0.396 e. The standard InChI is InChI=1S/C13H23NO2/c15-9-8-12(10-4-1-2-5-10)14-13(16)11-6-3-7-11/h10-12,15H,1-9H2,(H,14,16). The van der Waals surface area contributed by atoms with E-state index < -0.39 is 0 Å². The molecule has 1 unspecified atom stereocenters. The highest BCUT2D eigenvalue weighted by Crippen LogP contribution is 2.31. The number of amides is 1. The predicted molar refractivity (Wildman–Crippen MR) is 62.9 cm³/mol. The fourth-order valence-corrected chi connectivity index (χ4v) is 2.90. The minimum atomic E-state index is 0.187. The van der Waals surface area contributed by atoms with Gasteiger partial charge in [0.05, 0.1) is 0 Å². The first-order valence-corrected chi connectivity index (χ1v) is 6.72. The number of carbonyl (C=O) groups excluding carboxylic acids is 1. The lowest BCUT2D eigenvalue weighted by Crippen LogP contribution is -2.44. The zero-order valence-electron chi connectivity index (χ0n) is 9.95. The van der Waals surface area contributed by atoms with Gasteiger partial charge in [-0.15, -0.1) is 0 Å². The minimum absolute atomic E-state index is 0.187. The molecule has 2 N–H and O–H groups in total. The van der Waals surface area contributed by atoms with Crippen LogP contribution >= 0.6 is 0 Å². The molecule has 0 aromatic heterocycles. The van der Waals surface area contributed by atoms with Crippen LogP contribution in [0, 0.1) is 11.8 Å². The third-order valence-electron chi connectivity index (χ3n) is 4.21. The average molecular weight is 225 g/mol. The first-order chi connectivity index (χ1) is 7.81. The smallest absolute Gasteiger partial charge is 0.223 e. The van der Waals surface area contributed by atoms with Gasteiger partial charge in [-0.2, -0.15) is 0 Å². The fraction of sp³-hybridized carbons (Fsp3) is 0.923. The van der Waals surface area contributed by atoms with Gasteiger partial charge < -0.3 is 10.4 Å². The second-order valence-electron chi connectivity index (χ2n) is 5.30. The van der Waals surface area contributed by atoms with Crippen molar-refractivity contribution >= 4 is 5.91 Å². The second kappa shape index (κ2) is 5.67. The molecule has 3 nitrogen and oxygen atoms in total. The molecule has 0 aliphatic heterocycles. The highest BCUT2D eigenvalue weighted by molar-refractivity contribution is 5.79. The lowest BCUT2D eigenvalue weighted by molar-refractivity contribution is -0.128. The molecule has 2 saturated carbocycles. The van der Waals surface area contributed by atoms with Crippen molar-refractivity contribution < 1.29 is 9.90 Å². The first kappa shape index (κ1) is 11.9. The van der Waals surface area contributed by atoms with Crippen LogP contribution in [0.15, 0.2) is 0 Å². The van der Waals surface area contributed by atoms with Crippen LogP contribution in [0.3, 0.4) is 0 Å². The summed E-state index contributed by atoms with van der Waals surface area (Å²) in [7, 11) is 0. The molecule has 3 heteroatoms. The van der Waals surface area contributed by atoms with Crippen molar-refractivity contribution in [3.05, 3.63) is 0 Å². The average Bonchev–Trinajstić information content (AvgIpc) is 2.66. The molecule has 0 bridgehead atoms. The van der Waals surface area contributed by atoms with E-state index in [-0.39, 0.29) is 24.5 Å². The maximum atomic E-state index is 11.9. The molecule has 0 radical (unpaired) electrons. The van der Waals surface area contributed by atoms with E-state index in [0.29, 0.717) is 5.92 Å². The van der Waals surface area contributed by atoms with Crippen LogP contribution < -0.4 is 5.32 Å². The zero-order chi connectivity index (χ0) is 11.4. The predicted octanol–water partition coefficient (Wildman–Crippen LogP) is 1.84. The second-order valence-corrected chi connectivity index (χ2v) is 5.30. The van der Waals surface area contributed by atoms with Gasteiger partial charge in [-0.3, -0.25) is 4.79 Å². The molecule has 2 rings (SSSR count). The quantitative estimate of drug-likeness (QED) is 0.750. The minimum Gasteiger partial charge on any atom is -0.396 e. The topological polar surface area (TPSA) is 49.3 Å². The Morgan fingerprint density at radius 2 is 1.88 bits per heavy atom. The van der Waals surface area contributed by atoms with Crippen molar-refractivity contribution in [1.82, 2.24) is 5.32 Å². The summed E-state index contributed by atoms with van der Waals surface area (Å²) in [4.78, 5) is 11.9. The normalized spacial score (nSPS) is 24.1. The number of aliphatic hydroxyl groups excluding tert-OH is 1. The molecule has 0 heterocycles. The van der Waals surface area contributed by atoms with Crippen molar-refractivity contribution in [2.45, 2.75) is 57.4 Å². The van der Waals surface area contributed by atoms with Crippen LogP contribution in [-0.4, -0.2) is 23.7 Å². The first-order valence-electron chi connectivity index (χ1n) is 6.72. The number of nitrogens with one attached hydrogen (secondary N) is 1. The lowest BCUT2D eigenvalue weighted by Gasteiger charge is -2.30. The molecule has 92 valence electrons. The Kier molecular flexibility index (Phi) is 4.22. The van der Waals surface area contributed by atoms with Crippen molar-refractivity contribution in [2.24, 2.45) is 11.8 Å². The van der Waals surface area contributed by atoms with Crippen molar-refractivity contribution in [3.8, 4) is 0 Å². The van der Waals surface area contributed by atoms with Crippen molar-refractivity contribution in [1.29, 1.82) is 0 Å². The van der Waals surface area contributed by atoms with Gasteiger partial charge in [0.2, 0.25) is 5.91 Å². The summed E-state index contributed by atoms with van der Waals surface area (Å²) < 4.78 is 0. The molecule has 2 aliphatic carbocycles. The van der Waals surface area contributed by atoms with Gasteiger partial charge in [0.15, 0.2) is 0 Å².